The first-order valence-electron chi connectivity index (χ1n) is 7.47. The van der Waals surface area contributed by atoms with Crippen molar-refractivity contribution in [3.8, 4) is 5.75 Å². The van der Waals surface area contributed by atoms with Gasteiger partial charge in [-0.3, -0.25) is 14.8 Å². The lowest BCUT2D eigenvalue weighted by Crippen LogP contribution is -2.38. The first-order valence-corrected chi connectivity index (χ1v) is 7.47. The number of hydrogen-bond acceptors (Lipinski definition) is 4. The maximum Gasteiger partial charge on any atom is 0.416 e. The van der Waals surface area contributed by atoms with Crippen molar-refractivity contribution >= 4 is 17.5 Å². The lowest BCUT2D eigenvalue weighted by atomic mass is 10.1. The number of rotatable bonds is 3. The van der Waals surface area contributed by atoms with Crippen LogP contribution >= 0.6 is 0 Å². The molecule has 0 unspecified atom stereocenters. The fourth-order valence-electron chi connectivity index (χ4n) is 2.56. The van der Waals surface area contributed by atoms with E-state index in [1.165, 1.54) is 40.7 Å². The molecule has 0 aliphatic carbocycles. The number of nitrogens with one attached hydrogen (secondary N) is 1. The minimum atomic E-state index is -4.44. The molecule has 0 radical (unpaired) electrons. The molecule has 0 aromatic heterocycles. The Bertz CT molecular complexity index is 850. The molecular weight excluding hydrogens is 353 g/mol. The van der Waals surface area contributed by atoms with E-state index >= 15 is 0 Å². The van der Waals surface area contributed by atoms with Gasteiger partial charge in [0.15, 0.2) is 6.61 Å². The van der Waals surface area contributed by atoms with Gasteiger partial charge in [0.25, 0.3) is 11.8 Å². The van der Waals surface area contributed by atoms with E-state index < -0.39 is 23.6 Å². The average molecular weight is 366 g/mol. The van der Waals surface area contributed by atoms with Gasteiger partial charge in [-0.1, -0.05) is 12.1 Å². The van der Waals surface area contributed by atoms with Crippen molar-refractivity contribution in [2.75, 3.05) is 11.5 Å². The molecule has 0 fully saturated rings. The molecule has 1 heterocycles. The highest BCUT2D eigenvalue weighted by Gasteiger charge is 2.31. The Morgan fingerprint density at radius 3 is 2.50 bits per heavy atom. The molecule has 6 nitrogen and oxygen atoms in total. The van der Waals surface area contributed by atoms with Gasteiger partial charge >= 0.3 is 6.18 Å². The van der Waals surface area contributed by atoms with Gasteiger partial charge in [0.1, 0.15) is 5.75 Å². The van der Waals surface area contributed by atoms with Gasteiger partial charge in [-0.15, -0.1) is 0 Å². The fourth-order valence-corrected chi connectivity index (χ4v) is 2.56. The average Bonchev–Trinajstić information content (AvgIpc) is 2.62. The fraction of sp³-hybridized carbons (Fsp3) is 0.176. The zero-order valence-electron chi connectivity index (χ0n) is 13.2. The summed E-state index contributed by atoms with van der Waals surface area (Å²) in [5.74, 6) is -0.815. The van der Waals surface area contributed by atoms with Gasteiger partial charge in [0.2, 0.25) is 0 Å². The van der Waals surface area contributed by atoms with E-state index in [9.17, 15) is 22.8 Å². The van der Waals surface area contributed by atoms with Crippen LogP contribution in [-0.4, -0.2) is 23.6 Å². The van der Waals surface area contributed by atoms with E-state index in [-0.39, 0.29) is 18.7 Å². The van der Waals surface area contributed by atoms with Gasteiger partial charge in [0, 0.05) is 5.56 Å². The summed E-state index contributed by atoms with van der Waals surface area (Å²) in [6.45, 7) is -0.212. The Kier molecular flexibility index (Phi) is 4.56. The summed E-state index contributed by atoms with van der Waals surface area (Å²) in [5, 5.41) is 8.73. The zero-order valence-corrected chi connectivity index (χ0v) is 13.2. The van der Waals surface area contributed by atoms with E-state index in [0.29, 0.717) is 17.0 Å². The molecule has 0 bridgehead atoms. The van der Waals surface area contributed by atoms with Crippen molar-refractivity contribution in [3.63, 3.8) is 0 Å². The van der Waals surface area contributed by atoms with Crippen LogP contribution in [0.15, 0.2) is 42.5 Å². The topological polar surface area (TPSA) is 78.9 Å². The molecule has 0 saturated heterocycles. The third kappa shape index (κ3) is 3.47. The smallest absolute Gasteiger partial charge is 0.416 e. The van der Waals surface area contributed by atoms with Crippen LogP contribution in [0.3, 0.4) is 0 Å². The summed E-state index contributed by atoms with van der Waals surface area (Å²) in [4.78, 5) is 25.1. The number of carbonyl (C=O) groups is 2. The van der Waals surface area contributed by atoms with Crippen molar-refractivity contribution in [2.45, 2.75) is 12.7 Å². The first kappa shape index (κ1) is 17.7. The first-order chi connectivity index (χ1) is 12.3. The number of nitrogens with zero attached hydrogens (tertiary/aromatic N) is 1. The van der Waals surface area contributed by atoms with E-state index in [1.807, 2.05) is 0 Å². The second-order valence-corrected chi connectivity index (χ2v) is 5.59. The number of anilines is 1. The molecular formula is C17H13F3N2O4. The quantitative estimate of drug-likeness (QED) is 0.647. The van der Waals surface area contributed by atoms with Gasteiger partial charge in [-0.25, -0.2) is 5.48 Å². The second-order valence-electron chi connectivity index (χ2n) is 5.59. The van der Waals surface area contributed by atoms with Crippen molar-refractivity contribution < 1.29 is 32.7 Å². The summed E-state index contributed by atoms with van der Waals surface area (Å²) in [5.41, 5.74) is 1.59. The summed E-state index contributed by atoms with van der Waals surface area (Å²) < 4.78 is 43.3. The largest absolute Gasteiger partial charge is 0.482 e. The number of fused-ring (bicyclic) bond motifs is 1. The summed E-state index contributed by atoms with van der Waals surface area (Å²) in [6.07, 6.45) is -4.44. The number of hydrogen-bond donors (Lipinski definition) is 2. The Labute approximate surface area is 145 Å². The lowest BCUT2D eigenvalue weighted by Gasteiger charge is -2.30. The van der Waals surface area contributed by atoms with Crippen molar-refractivity contribution in [3.05, 3.63) is 59.2 Å². The van der Waals surface area contributed by atoms with Gasteiger partial charge < -0.3 is 9.64 Å². The standard InChI is InChI=1S/C17H13F3N2O4/c18-17(19,20)12-4-1-10(2-5-12)8-22-13-7-11(16(24)21-25)3-6-14(13)26-9-15(22)23/h1-7,25H,8-9H2,(H,21,24). The van der Waals surface area contributed by atoms with Gasteiger partial charge in [0.05, 0.1) is 17.8 Å². The minimum Gasteiger partial charge on any atom is -0.482 e. The molecule has 26 heavy (non-hydrogen) atoms. The molecule has 0 saturated carbocycles. The number of ether oxygens (including phenoxy) is 1. The van der Waals surface area contributed by atoms with Crippen LogP contribution in [0.4, 0.5) is 18.9 Å². The highest BCUT2D eigenvalue weighted by atomic mass is 19.4. The molecule has 1 aliphatic heterocycles. The van der Waals surface area contributed by atoms with E-state index in [1.54, 1.807) is 0 Å². The Morgan fingerprint density at radius 2 is 1.88 bits per heavy atom. The van der Waals surface area contributed by atoms with Crippen LogP contribution < -0.4 is 15.1 Å². The summed E-state index contributed by atoms with van der Waals surface area (Å²) in [6, 6.07) is 8.71. The lowest BCUT2D eigenvalue weighted by molar-refractivity contribution is -0.137. The van der Waals surface area contributed by atoms with Crippen molar-refractivity contribution in [1.29, 1.82) is 0 Å². The van der Waals surface area contributed by atoms with E-state index in [4.69, 9.17) is 9.94 Å². The summed E-state index contributed by atoms with van der Waals surface area (Å²) >= 11 is 0. The molecule has 2 N–H and O–H groups in total. The maximum absolute atomic E-state index is 12.7. The number of benzene rings is 2. The predicted molar refractivity (Wildman–Crippen MR) is 83.8 cm³/mol. The zero-order chi connectivity index (χ0) is 18.9. The van der Waals surface area contributed by atoms with E-state index in [2.05, 4.69) is 0 Å². The molecule has 136 valence electrons. The van der Waals surface area contributed by atoms with Crippen LogP contribution in [0.25, 0.3) is 0 Å². The van der Waals surface area contributed by atoms with Crippen LogP contribution in [0.2, 0.25) is 0 Å². The Hall–Kier alpha value is -3.07. The number of carbonyl (C=O) groups excluding carboxylic acids is 2. The minimum absolute atomic E-state index is 0.0114. The molecule has 9 heteroatoms. The Balaban J connectivity index is 1.91. The van der Waals surface area contributed by atoms with E-state index in [0.717, 1.165) is 12.1 Å². The summed E-state index contributed by atoms with van der Waals surface area (Å²) in [7, 11) is 0. The van der Waals surface area contributed by atoms with Crippen LogP contribution in [0.1, 0.15) is 21.5 Å². The normalized spacial score (nSPS) is 13.8. The maximum atomic E-state index is 12.7. The Morgan fingerprint density at radius 1 is 1.19 bits per heavy atom. The SMILES string of the molecule is O=C(NO)c1ccc2c(c1)N(Cc1ccc(C(F)(F)F)cc1)C(=O)CO2. The molecule has 0 atom stereocenters. The second kappa shape index (κ2) is 6.68. The number of hydroxylamine groups is 1. The van der Waals surface area contributed by atoms with Crippen molar-refractivity contribution in [1.82, 2.24) is 5.48 Å². The number of alkyl halides is 3. The monoisotopic (exact) mass is 366 g/mol. The predicted octanol–water partition coefficient (Wildman–Crippen LogP) is 2.75. The number of halogens is 3. The van der Waals surface area contributed by atoms with Gasteiger partial charge in [-0.05, 0) is 35.9 Å². The third-order valence-electron chi connectivity index (χ3n) is 3.89. The molecule has 1 aliphatic rings. The van der Waals surface area contributed by atoms with Crippen LogP contribution in [-0.2, 0) is 17.5 Å². The third-order valence-corrected chi connectivity index (χ3v) is 3.89. The van der Waals surface area contributed by atoms with Crippen LogP contribution in [0, 0.1) is 0 Å². The molecule has 2 aromatic rings. The molecule has 2 aromatic carbocycles. The molecule has 2 amide bonds. The highest BCUT2D eigenvalue weighted by Crippen LogP contribution is 2.34. The number of amides is 2. The molecule has 0 spiro atoms. The van der Waals surface area contributed by atoms with Crippen LogP contribution in [0.5, 0.6) is 5.75 Å². The highest BCUT2D eigenvalue weighted by molar-refractivity contribution is 6.01. The van der Waals surface area contributed by atoms with Crippen molar-refractivity contribution in [2.24, 2.45) is 0 Å². The van der Waals surface area contributed by atoms with Gasteiger partial charge in [-0.2, -0.15) is 13.2 Å². The molecule has 3 rings (SSSR count).